The highest BCUT2D eigenvalue weighted by atomic mass is 16.2. The molecule has 0 N–H and O–H groups in total. The fourth-order valence-electron chi connectivity index (χ4n) is 3.71. The molecule has 2 saturated heterocycles. The lowest BCUT2D eigenvalue weighted by molar-refractivity contribution is 0.0732. The van der Waals surface area contributed by atoms with Gasteiger partial charge in [-0.15, -0.1) is 0 Å². The van der Waals surface area contributed by atoms with Crippen LogP contribution in [0.25, 0.3) is 0 Å². The van der Waals surface area contributed by atoms with Crippen molar-refractivity contribution in [2.24, 2.45) is 5.41 Å². The van der Waals surface area contributed by atoms with Crippen molar-refractivity contribution in [3.05, 3.63) is 29.8 Å². The largest absolute Gasteiger partial charge is 0.362 e. The zero-order valence-corrected chi connectivity index (χ0v) is 10.9. The van der Waals surface area contributed by atoms with Crippen LogP contribution in [-0.2, 0) is 0 Å². The standard InChI is InChI=1S/C15H18N2O/c1-15(2)7-12-13-8-16(13)11-6-4-3-5-10(11)14(18)17(12)9-15/h3-6,12-13H,7-9H2,1-2H3. The predicted octanol–water partition coefficient (Wildman–Crippen LogP) is 2.13. The first kappa shape index (κ1) is 10.4. The van der Waals surface area contributed by atoms with E-state index in [0.717, 1.165) is 30.8 Å². The number of anilines is 1. The summed E-state index contributed by atoms with van der Waals surface area (Å²) < 4.78 is 0. The van der Waals surface area contributed by atoms with Gasteiger partial charge < -0.3 is 9.80 Å². The summed E-state index contributed by atoms with van der Waals surface area (Å²) in [6, 6.07) is 9.03. The average Bonchev–Trinajstić information content (AvgIpc) is 3.07. The summed E-state index contributed by atoms with van der Waals surface area (Å²) in [6.07, 6.45) is 1.13. The van der Waals surface area contributed by atoms with Crippen LogP contribution in [0.3, 0.4) is 0 Å². The Hall–Kier alpha value is -1.51. The summed E-state index contributed by atoms with van der Waals surface area (Å²) in [5.41, 5.74) is 2.29. The van der Waals surface area contributed by atoms with Crippen LogP contribution in [0.4, 0.5) is 5.69 Å². The van der Waals surface area contributed by atoms with Gasteiger partial charge in [-0.3, -0.25) is 4.79 Å². The van der Waals surface area contributed by atoms with Crippen LogP contribution in [0, 0.1) is 5.41 Å². The van der Waals surface area contributed by atoms with Gasteiger partial charge in [0.2, 0.25) is 0 Å². The second kappa shape index (κ2) is 3.08. The fraction of sp³-hybridized carbons (Fsp3) is 0.533. The van der Waals surface area contributed by atoms with Gasteiger partial charge in [0.1, 0.15) is 0 Å². The van der Waals surface area contributed by atoms with Crippen molar-refractivity contribution in [1.29, 1.82) is 0 Å². The molecule has 0 radical (unpaired) electrons. The number of carbonyl (C=O) groups excluding carboxylic acids is 1. The second-order valence-corrected chi connectivity index (χ2v) is 6.61. The minimum atomic E-state index is 0.230. The number of hydrogen-bond donors (Lipinski definition) is 0. The summed E-state index contributed by atoms with van der Waals surface area (Å²) in [4.78, 5) is 17.2. The Labute approximate surface area is 107 Å². The topological polar surface area (TPSA) is 23.3 Å². The first-order valence-corrected chi connectivity index (χ1v) is 6.73. The molecule has 3 aliphatic rings. The number of para-hydroxylation sites is 1. The summed E-state index contributed by atoms with van der Waals surface area (Å²) in [6.45, 7) is 6.55. The molecular formula is C15H18N2O. The van der Waals surface area contributed by atoms with Crippen molar-refractivity contribution < 1.29 is 4.79 Å². The summed E-state index contributed by atoms with van der Waals surface area (Å²) in [7, 11) is 0. The van der Waals surface area contributed by atoms with E-state index in [4.69, 9.17) is 0 Å². The molecule has 3 aliphatic heterocycles. The van der Waals surface area contributed by atoms with Crippen molar-refractivity contribution in [3.63, 3.8) is 0 Å². The number of amides is 1. The van der Waals surface area contributed by atoms with Crippen LogP contribution in [0.1, 0.15) is 30.6 Å². The molecular weight excluding hydrogens is 224 g/mol. The molecule has 3 heteroatoms. The zero-order chi connectivity index (χ0) is 12.5. The lowest BCUT2D eigenvalue weighted by Crippen LogP contribution is -2.38. The van der Waals surface area contributed by atoms with E-state index in [1.165, 1.54) is 0 Å². The van der Waals surface area contributed by atoms with Gasteiger partial charge in [0, 0.05) is 18.8 Å². The second-order valence-electron chi connectivity index (χ2n) is 6.61. The molecule has 18 heavy (non-hydrogen) atoms. The third-order valence-electron chi connectivity index (χ3n) is 4.56. The smallest absolute Gasteiger partial charge is 0.256 e. The van der Waals surface area contributed by atoms with Gasteiger partial charge in [0.15, 0.2) is 0 Å². The molecule has 2 unspecified atom stereocenters. The summed E-state index contributed by atoms with van der Waals surface area (Å²) in [5.74, 6) is 0.230. The molecule has 0 aromatic heterocycles. The van der Waals surface area contributed by atoms with Gasteiger partial charge in [0.25, 0.3) is 5.91 Å². The van der Waals surface area contributed by atoms with E-state index in [9.17, 15) is 4.79 Å². The van der Waals surface area contributed by atoms with Gasteiger partial charge >= 0.3 is 0 Å². The Kier molecular flexibility index (Phi) is 1.78. The zero-order valence-electron chi connectivity index (χ0n) is 10.9. The summed E-state index contributed by atoms with van der Waals surface area (Å²) in [5, 5.41) is 0. The maximum Gasteiger partial charge on any atom is 0.256 e. The Morgan fingerprint density at radius 3 is 2.78 bits per heavy atom. The van der Waals surface area contributed by atoms with E-state index in [0.29, 0.717) is 12.1 Å². The first-order valence-electron chi connectivity index (χ1n) is 6.73. The normalized spacial score (nSPS) is 31.6. The molecule has 3 heterocycles. The van der Waals surface area contributed by atoms with Crippen LogP contribution in [0.15, 0.2) is 24.3 Å². The average molecular weight is 242 g/mol. The molecule has 0 bridgehead atoms. The predicted molar refractivity (Wildman–Crippen MR) is 70.8 cm³/mol. The summed E-state index contributed by atoms with van der Waals surface area (Å²) >= 11 is 0. The third-order valence-corrected chi connectivity index (χ3v) is 4.56. The van der Waals surface area contributed by atoms with Crippen molar-refractivity contribution in [2.45, 2.75) is 32.4 Å². The lowest BCUT2D eigenvalue weighted by Gasteiger charge is -2.22. The van der Waals surface area contributed by atoms with E-state index in [1.807, 2.05) is 18.2 Å². The molecule has 0 aliphatic carbocycles. The van der Waals surface area contributed by atoms with Gasteiger partial charge in [-0.25, -0.2) is 0 Å². The number of benzene rings is 1. The molecule has 2 atom stereocenters. The van der Waals surface area contributed by atoms with Crippen LogP contribution in [0.2, 0.25) is 0 Å². The SMILES string of the molecule is CC1(C)CC2C3CN3c3ccccc3C(=O)N2C1. The maximum atomic E-state index is 12.7. The molecule has 4 rings (SSSR count). The number of hydrogen-bond acceptors (Lipinski definition) is 2. The highest BCUT2D eigenvalue weighted by Gasteiger charge is 2.54. The van der Waals surface area contributed by atoms with E-state index < -0.39 is 0 Å². The number of rotatable bonds is 0. The van der Waals surface area contributed by atoms with Crippen LogP contribution in [-0.4, -0.2) is 36.0 Å². The van der Waals surface area contributed by atoms with Gasteiger partial charge in [-0.05, 0) is 24.0 Å². The first-order chi connectivity index (χ1) is 8.57. The van der Waals surface area contributed by atoms with Gasteiger partial charge in [-0.1, -0.05) is 26.0 Å². The minimum absolute atomic E-state index is 0.230. The van der Waals surface area contributed by atoms with E-state index in [2.05, 4.69) is 29.7 Å². The number of carbonyl (C=O) groups is 1. The Bertz CT molecular complexity index is 537. The minimum Gasteiger partial charge on any atom is -0.362 e. The molecule has 0 spiro atoms. The van der Waals surface area contributed by atoms with E-state index in [-0.39, 0.29) is 11.3 Å². The fourth-order valence-corrected chi connectivity index (χ4v) is 3.71. The Balaban J connectivity index is 1.82. The number of fused-ring (bicyclic) bond motifs is 5. The highest BCUT2D eigenvalue weighted by molar-refractivity contribution is 6.02. The Morgan fingerprint density at radius 2 is 1.94 bits per heavy atom. The van der Waals surface area contributed by atoms with Crippen LogP contribution < -0.4 is 4.90 Å². The molecule has 1 aromatic carbocycles. The van der Waals surface area contributed by atoms with Crippen molar-refractivity contribution >= 4 is 11.6 Å². The van der Waals surface area contributed by atoms with Crippen LogP contribution in [0.5, 0.6) is 0 Å². The molecule has 0 saturated carbocycles. The quantitative estimate of drug-likeness (QED) is 0.651. The van der Waals surface area contributed by atoms with E-state index in [1.54, 1.807) is 0 Å². The Morgan fingerprint density at radius 1 is 1.17 bits per heavy atom. The highest BCUT2D eigenvalue weighted by Crippen LogP contribution is 2.46. The van der Waals surface area contributed by atoms with Crippen molar-refractivity contribution in [1.82, 2.24) is 4.90 Å². The van der Waals surface area contributed by atoms with Crippen molar-refractivity contribution in [2.75, 3.05) is 18.0 Å². The molecule has 1 amide bonds. The van der Waals surface area contributed by atoms with Crippen molar-refractivity contribution in [3.8, 4) is 0 Å². The van der Waals surface area contributed by atoms with Crippen LogP contribution >= 0.6 is 0 Å². The molecule has 3 nitrogen and oxygen atoms in total. The number of nitrogens with zero attached hydrogens (tertiary/aromatic N) is 2. The maximum absolute atomic E-state index is 12.7. The lowest BCUT2D eigenvalue weighted by atomic mass is 9.90. The molecule has 1 aromatic rings. The monoisotopic (exact) mass is 242 g/mol. The van der Waals surface area contributed by atoms with Gasteiger partial charge in [0.05, 0.1) is 17.6 Å². The molecule has 2 fully saturated rings. The van der Waals surface area contributed by atoms with E-state index >= 15 is 0 Å². The molecule has 94 valence electrons. The third kappa shape index (κ3) is 1.27. The van der Waals surface area contributed by atoms with Gasteiger partial charge in [-0.2, -0.15) is 0 Å².